The van der Waals surface area contributed by atoms with Gasteiger partial charge in [-0.1, -0.05) is 53.8 Å². The van der Waals surface area contributed by atoms with E-state index in [0.717, 1.165) is 47.0 Å². The molecule has 0 fully saturated rings. The number of halogens is 1. The number of aromatic nitrogens is 1. The molecule has 7 rings (SSSR count). The van der Waals surface area contributed by atoms with E-state index in [9.17, 15) is 29.4 Å². The number of nitrogens with zero attached hydrogens (tertiary/aromatic N) is 4. The van der Waals surface area contributed by atoms with E-state index in [2.05, 4.69) is 6.07 Å². The summed E-state index contributed by atoms with van der Waals surface area (Å²) in [5.74, 6) is -0.221. The number of nitro groups is 2. The minimum absolute atomic E-state index is 0.130. The summed E-state index contributed by atoms with van der Waals surface area (Å²) in [5, 5.41) is 22.7. The van der Waals surface area contributed by atoms with Gasteiger partial charge in [0, 0.05) is 11.6 Å². The van der Waals surface area contributed by atoms with Crippen LogP contribution in [0.25, 0.3) is 11.8 Å². The van der Waals surface area contributed by atoms with Crippen LogP contribution in [0.1, 0.15) is 34.7 Å². The molecule has 11 nitrogen and oxygen atoms in total. The van der Waals surface area contributed by atoms with Crippen molar-refractivity contribution >= 4 is 34.5 Å². The molecule has 0 saturated heterocycles. The van der Waals surface area contributed by atoms with Crippen LogP contribution < -0.4 is 24.4 Å². The van der Waals surface area contributed by atoms with Gasteiger partial charge in [0.05, 0.1) is 39.3 Å². The Morgan fingerprint density at radius 3 is 2.45 bits per heavy atom. The van der Waals surface area contributed by atoms with Gasteiger partial charge in [0.25, 0.3) is 11.2 Å². The number of methoxy groups -OCH3 is 1. The van der Waals surface area contributed by atoms with E-state index in [0.29, 0.717) is 21.3 Å². The van der Waals surface area contributed by atoms with Crippen molar-refractivity contribution < 1.29 is 23.7 Å². The van der Waals surface area contributed by atoms with Crippen LogP contribution in [0.3, 0.4) is 0 Å². The average molecular weight is 651 g/mol. The summed E-state index contributed by atoms with van der Waals surface area (Å²) in [6.07, 6.45) is 3.19. The molecule has 1 aliphatic heterocycles. The molecule has 0 spiro atoms. The van der Waals surface area contributed by atoms with E-state index in [1.165, 1.54) is 42.2 Å². The Bertz CT molecular complexity index is 2330. The van der Waals surface area contributed by atoms with Gasteiger partial charge in [-0.25, -0.2) is 9.38 Å². The van der Waals surface area contributed by atoms with Crippen LogP contribution >= 0.6 is 11.3 Å². The molecular weight excluding hydrogens is 627 g/mol. The van der Waals surface area contributed by atoms with Crippen LogP contribution in [-0.4, -0.2) is 21.5 Å². The van der Waals surface area contributed by atoms with Gasteiger partial charge in [-0.15, -0.1) is 0 Å². The molecule has 0 bridgehead atoms. The van der Waals surface area contributed by atoms with E-state index in [4.69, 9.17) is 14.5 Å². The summed E-state index contributed by atoms with van der Waals surface area (Å²) in [4.78, 5) is 40.8. The quantitative estimate of drug-likeness (QED) is 0.154. The van der Waals surface area contributed by atoms with Gasteiger partial charge < -0.3 is 9.47 Å². The first kappa shape index (κ1) is 29.7. The summed E-state index contributed by atoms with van der Waals surface area (Å²) in [6, 6.07) is 21.7. The zero-order chi connectivity index (χ0) is 32.8. The SMILES string of the molecule is COc1cc(/C=c2/sc3n(c2=O)[C@@H](c2ccc(F)cc2)C2=C(N=3)c3ccccc3CC2)ccc1Oc1ccc([N+](=O)[O-])cc1[N+](=O)[O-]. The third kappa shape index (κ3) is 5.36. The Morgan fingerprint density at radius 1 is 0.936 bits per heavy atom. The van der Waals surface area contributed by atoms with E-state index in [1.807, 2.05) is 18.2 Å². The fraction of sp³-hybridized carbons (Fsp3) is 0.118. The smallest absolute Gasteiger partial charge is 0.318 e. The summed E-state index contributed by atoms with van der Waals surface area (Å²) in [6.45, 7) is 0. The van der Waals surface area contributed by atoms with Crippen LogP contribution in [-0.2, 0) is 6.42 Å². The maximum atomic E-state index is 14.0. The molecule has 2 heterocycles. The van der Waals surface area contributed by atoms with Crippen LogP contribution in [0.15, 0.2) is 100 Å². The fourth-order valence-corrected chi connectivity index (χ4v) is 6.94. The lowest BCUT2D eigenvalue weighted by Crippen LogP contribution is -2.38. The Balaban J connectivity index is 1.31. The minimum Gasteiger partial charge on any atom is -0.493 e. The number of hydrogen-bond donors (Lipinski definition) is 0. The molecule has 0 amide bonds. The molecule has 0 radical (unpaired) electrons. The molecular formula is C34H23FN4O7S. The zero-order valence-corrected chi connectivity index (χ0v) is 25.4. The maximum absolute atomic E-state index is 14.0. The van der Waals surface area contributed by atoms with Crippen LogP contribution in [0.4, 0.5) is 15.8 Å². The molecule has 13 heteroatoms. The van der Waals surface area contributed by atoms with Gasteiger partial charge in [0.1, 0.15) is 5.82 Å². The van der Waals surface area contributed by atoms with E-state index in [-0.39, 0.29) is 28.6 Å². The Labute approximate surface area is 269 Å². The summed E-state index contributed by atoms with van der Waals surface area (Å²) >= 11 is 1.24. The predicted octanol–water partition coefficient (Wildman–Crippen LogP) is 6.08. The van der Waals surface area contributed by atoms with Crippen molar-refractivity contribution in [3.8, 4) is 17.2 Å². The summed E-state index contributed by atoms with van der Waals surface area (Å²) in [7, 11) is 1.40. The molecule has 1 atom stereocenters. The number of aryl methyl sites for hydroxylation is 1. The second-order valence-electron chi connectivity index (χ2n) is 10.8. The molecule has 0 unspecified atom stereocenters. The molecule has 47 heavy (non-hydrogen) atoms. The monoisotopic (exact) mass is 650 g/mol. The molecule has 234 valence electrons. The first-order chi connectivity index (χ1) is 22.7. The standard InChI is InChI=1S/C34H23FN4O7S/c1-45-29-16-19(6-14-28(29)46-27-15-12-23(38(41)42)18-26(27)39(43)44)17-30-33(40)37-32(21-7-10-22(35)11-8-21)25-13-9-20-4-2-3-5-24(20)31(25)36-34(37)47-30/h2-8,10-12,14-18,32H,9,13H2,1H3/b30-17+/t32-/m0/s1. The highest BCUT2D eigenvalue weighted by Crippen LogP contribution is 2.42. The predicted molar refractivity (Wildman–Crippen MR) is 172 cm³/mol. The molecule has 2 aliphatic rings. The largest absolute Gasteiger partial charge is 0.493 e. The lowest BCUT2D eigenvalue weighted by Gasteiger charge is -2.30. The number of benzene rings is 4. The lowest BCUT2D eigenvalue weighted by molar-refractivity contribution is -0.394. The highest BCUT2D eigenvalue weighted by atomic mass is 32.1. The van der Waals surface area contributed by atoms with Gasteiger partial charge in [-0.05, 0) is 71.5 Å². The number of thiazole rings is 1. The average Bonchev–Trinajstić information content (AvgIpc) is 3.38. The van der Waals surface area contributed by atoms with Gasteiger partial charge in [-0.3, -0.25) is 29.6 Å². The first-order valence-corrected chi connectivity index (χ1v) is 15.2. The molecule has 1 aliphatic carbocycles. The molecule has 0 saturated carbocycles. The normalized spacial score (nSPS) is 15.3. The van der Waals surface area contributed by atoms with Crippen molar-refractivity contribution in [2.45, 2.75) is 18.9 Å². The van der Waals surface area contributed by atoms with Crippen molar-refractivity contribution in [1.29, 1.82) is 0 Å². The Morgan fingerprint density at radius 2 is 1.70 bits per heavy atom. The number of ether oxygens (including phenoxy) is 2. The van der Waals surface area contributed by atoms with Crippen LogP contribution in [0.2, 0.25) is 0 Å². The summed E-state index contributed by atoms with van der Waals surface area (Å²) < 4.78 is 27.3. The van der Waals surface area contributed by atoms with Crippen molar-refractivity contribution in [2.75, 3.05) is 7.11 Å². The number of nitro benzene ring substituents is 2. The molecule has 0 N–H and O–H groups in total. The number of hydrogen-bond acceptors (Lipinski definition) is 9. The highest BCUT2D eigenvalue weighted by molar-refractivity contribution is 7.07. The fourth-order valence-electron chi connectivity index (χ4n) is 5.94. The number of allylic oxidation sites excluding steroid dienone is 1. The van der Waals surface area contributed by atoms with Crippen molar-refractivity contribution in [3.05, 3.63) is 158 Å². The molecule has 5 aromatic rings. The number of rotatable bonds is 7. The summed E-state index contributed by atoms with van der Waals surface area (Å²) in [5.41, 5.74) is 4.12. The van der Waals surface area contributed by atoms with Gasteiger partial charge >= 0.3 is 5.69 Å². The zero-order valence-electron chi connectivity index (χ0n) is 24.6. The van der Waals surface area contributed by atoms with E-state index < -0.39 is 27.3 Å². The van der Waals surface area contributed by atoms with Crippen molar-refractivity contribution in [2.24, 2.45) is 4.99 Å². The first-order valence-electron chi connectivity index (χ1n) is 14.4. The second kappa shape index (κ2) is 11.8. The van der Waals surface area contributed by atoms with E-state index in [1.54, 1.807) is 34.9 Å². The van der Waals surface area contributed by atoms with Gasteiger partial charge in [0.2, 0.25) is 5.75 Å². The second-order valence-corrected chi connectivity index (χ2v) is 11.9. The van der Waals surface area contributed by atoms with Gasteiger partial charge in [0.15, 0.2) is 16.3 Å². The minimum atomic E-state index is -0.765. The topological polar surface area (TPSA) is 139 Å². The third-order valence-electron chi connectivity index (χ3n) is 8.11. The van der Waals surface area contributed by atoms with Gasteiger partial charge in [-0.2, -0.15) is 0 Å². The van der Waals surface area contributed by atoms with Crippen molar-refractivity contribution in [1.82, 2.24) is 4.57 Å². The lowest BCUT2D eigenvalue weighted by atomic mass is 9.83. The highest BCUT2D eigenvalue weighted by Gasteiger charge is 2.32. The number of fused-ring (bicyclic) bond motifs is 3. The van der Waals surface area contributed by atoms with Crippen LogP contribution in [0, 0.1) is 26.0 Å². The Hall–Kier alpha value is -5.95. The number of non-ortho nitro benzene ring substituents is 1. The van der Waals surface area contributed by atoms with Crippen molar-refractivity contribution in [3.63, 3.8) is 0 Å². The molecule has 1 aromatic heterocycles. The van der Waals surface area contributed by atoms with E-state index >= 15 is 0 Å². The molecule has 4 aromatic carbocycles. The van der Waals surface area contributed by atoms with Crippen LogP contribution in [0.5, 0.6) is 17.2 Å². The third-order valence-corrected chi connectivity index (χ3v) is 9.10. The Kier molecular flexibility index (Phi) is 7.45. The maximum Gasteiger partial charge on any atom is 0.318 e.